The molecule has 0 radical (unpaired) electrons. The lowest BCUT2D eigenvalue weighted by molar-refractivity contribution is 0.581. The highest BCUT2D eigenvalue weighted by Gasteiger charge is 2.19. The molecule has 0 aliphatic rings. The smallest absolute Gasteiger partial charge is 0.207 e. The standard InChI is InChI=1S/C23H14Cl4FNO2S2/c24-14-3-1-13(2-4-14)19-10-16(32-23(19)18-7-5-15(25)9-20(18)26)12-29-33(30,31)17-6-8-22(28)21(27)11-17/h1-11,29H,12H2. The fourth-order valence-electron chi connectivity index (χ4n) is 3.14. The lowest BCUT2D eigenvalue weighted by Gasteiger charge is -2.07. The fraction of sp³-hybridized carbons (Fsp3) is 0.0435. The molecule has 4 aromatic rings. The number of hydrogen-bond acceptors (Lipinski definition) is 3. The molecule has 3 aromatic carbocycles. The molecule has 0 fully saturated rings. The monoisotopic (exact) mass is 559 g/mol. The molecular formula is C23H14Cl4FNO2S2. The van der Waals surface area contributed by atoms with Gasteiger partial charge in [-0.15, -0.1) is 11.3 Å². The number of nitrogens with one attached hydrogen (secondary N) is 1. The van der Waals surface area contributed by atoms with Crippen LogP contribution < -0.4 is 4.72 Å². The van der Waals surface area contributed by atoms with Crippen molar-refractivity contribution in [3.05, 3.63) is 97.5 Å². The highest BCUT2D eigenvalue weighted by atomic mass is 35.5. The van der Waals surface area contributed by atoms with Gasteiger partial charge in [-0.3, -0.25) is 0 Å². The van der Waals surface area contributed by atoms with E-state index in [4.69, 9.17) is 46.4 Å². The summed E-state index contributed by atoms with van der Waals surface area (Å²) in [5.74, 6) is -0.689. The number of rotatable bonds is 6. The Labute approximate surface area is 214 Å². The maximum atomic E-state index is 13.4. The molecule has 0 spiro atoms. The lowest BCUT2D eigenvalue weighted by atomic mass is 10.0. The molecule has 0 saturated heterocycles. The normalized spacial score (nSPS) is 11.7. The molecule has 0 amide bonds. The van der Waals surface area contributed by atoms with Crippen molar-refractivity contribution in [3.63, 3.8) is 0 Å². The zero-order valence-electron chi connectivity index (χ0n) is 16.6. The van der Waals surface area contributed by atoms with Gasteiger partial charge in [0.2, 0.25) is 10.0 Å². The third-order valence-corrected chi connectivity index (χ3v) is 8.41. The average Bonchev–Trinajstić information content (AvgIpc) is 3.19. The zero-order valence-corrected chi connectivity index (χ0v) is 21.2. The maximum Gasteiger partial charge on any atom is 0.240 e. The van der Waals surface area contributed by atoms with Crippen molar-refractivity contribution in [3.8, 4) is 21.6 Å². The van der Waals surface area contributed by atoms with E-state index in [1.165, 1.54) is 11.3 Å². The molecule has 1 heterocycles. The third-order valence-electron chi connectivity index (χ3n) is 4.75. The molecular weight excluding hydrogens is 547 g/mol. The predicted molar refractivity (Wildman–Crippen MR) is 136 cm³/mol. The van der Waals surface area contributed by atoms with Crippen LogP contribution in [0.4, 0.5) is 4.39 Å². The van der Waals surface area contributed by atoms with Gasteiger partial charge < -0.3 is 0 Å². The summed E-state index contributed by atoms with van der Waals surface area (Å²) in [4.78, 5) is 1.49. The van der Waals surface area contributed by atoms with Gasteiger partial charge >= 0.3 is 0 Å². The predicted octanol–water partition coefficient (Wildman–Crippen LogP) is 8.31. The molecule has 10 heteroatoms. The Kier molecular flexibility index (Phi) is 7.36. The Morgan fingerprint density at radius 2 is 1.48 bits per heavy atom. The molecule has 1 aromatic heterocycles. The third kappa shape index (κ3) is 5.54. The first-order valence-corrected chi connectivity index (χ1v) is 13.2. The Morgan fingerprint density at radius 1 is 0.788 bits per heavy atom. The van der Waals surface area contributed by atoms with E-state index >= 15 is 0 Å². The second-order valence-corrected chi connectivity index (χ2v) is 11.6. The number of hydrogen-bond donors (Lipinski definition) is 1. The van der Waals surface area contributed by atoms with E-state index in [9.17, 15) is 12.8 Å². The van der Waals surface area contributed by atoms with Crippen molar-refractivity contribution in [2.75, 3.05) is 0 Å². The Bertz CT molecular complexity index is 1440. The van der Waals surface area contributed by atoms with Crippen LogP contribution in [0.1, 0.15) is 4.88 Å². The molecule has 0 saturated carbocycles. The molecule has 0 aliphatic carbocycles. The van der Waals surface area contributed by atoms with Crippen molar-refractivity contribution in [1.29, 1.82) is 0 Å². The number of benzene rings is 3. The molecule has 0 unspecified atom stereocenters. The minimum absolute atomic E-state index is 0.0216. The van der Waals surface area contributed by atoms with Crippen LogP contribution in [-0.4, -0.2) is 8.42 Å². The van der Waals surface area contributed by atoms with Crippen LogP contribution in [0.5, 0.6) is 0 Å². The van der Waals surface area contributed by atoms with Crippen LogP contribution in [0.3, 0.4) is 0 Å². The van der Waals surface area contributed by atoms with Crippen LogP contribution in [0.2, 0.25) is 20.1 Å². The van der Waals surface area contributed by atoms with Gasteiger partial charge in [0.25, 0.3) is 0 Å². The fourth-order valence-corrected chi connectivity index (χ4v) is 6.35. The summed E-state index contributed by atoms with van der Waals surface area (Å²) in [6, 6.07) is 17.7. The van der Waals surface area contributed by atoms with E-state index in [0.717, 1.165) is 44.6 Å². The van der Waals surface area contributed by atoms with Crippen molar-refractivity contribution < 1.29 is 12.8 Å². The van der Waals surface area contributed by atoms with Crippen molar-refractivity contribution in [2.24, 2.45) is 0 Å². The molecule has 0 aliphatic heterocycles. The molecule has 1 N–H and O–H groups in total. The van der Waals surface area contributed by atoms with Gasteiger partial charge in [0.1, 0.15) is 5.82 Å². The summed E-state index contributed by atoms with van der Waals surface area (Å²) < 4.78 is 41.3. The van der Waals surface area contributed by atoms with Crippen LogP contribution in [0.15, 0.2) is 71.6 Å². The van der Waals surface area contributed by atoms with Crippen molar-refractivity contribution in [1.82, 2.24) is 4.72 Å². The summed E-state index contributed by atoms with van der Waals surface area (Å²) in [5.41, 5.74) is 2.55. The average molecular weight is 561 g/mol. The molecule has 0 bridgehead atoms. The zero-order chi connectivity index (χ0) is 23.8. The molecule has 3 nitrogen and oxygen atoms in total. The van der Waals surface area contributed by atoms with Gasteiger partial charge in [0.15, 0.2) is 0 Å². The Balaban J connectivity index is 1.70. The first kappa shape index (κ1) is 24.5. The van der Waals surface area contributed by atoms with Crippen LogP contribution >= 0.6 is 57.7 Å². The summed E-state index contributed by atoms with van der Waals surface area (Å²) in [6.07, 6.45) is 0. The Morgan fingerprint density at radius 3 is 2.15 bits per heavy atom. The minimum Gasteiger partial charge on any atom is -0.207 e. The highest BCUT2D eigenvalue weighted by molar-refractivity contribution is 7.89. The largest absolute Gasteiger partial charge is 0.240 e. The SMILES string of the molecule is O=S(=O)(NCc1cc(-c2ccc(Cl)cc2)c(-c2ccc(Cl)cc2Cl)s1)c1ccc(F)c(Cl)c1. The van der Waals surface area contributed by atoms with Gasteiger partial charge in [-0.25, -0.2) is 17.5 Å². The van der Waals surface area contributed by atoms with Crippen molar-refractivity contribution >= 4 is 67.8 Å². The van der Waals surface area contributed by atoms with Gasteiger partial charge in [-0.05, 0) is 54.1 Å². The molecule has 4 rings (SSSR count). The van der Waals surface area contributed by atoms with Gasteiger partial charge in [0, 0.05) is 37.5 Å². The van der Waals surface area contributed by atoms with Crippen LogP contribution in [0.25, 0.3) is 21.6 Å². The quantitative estimate of drug-likeness (QED) is 0.258. The van der Waals surface area contributed by atoms with Gasteiger partial charge in [-0.1, -0.05) is 64.6 Å². The van der Waals surface area contributed by atoms with Crippen LogP contribution in [-0.2, 0) is 16.6 Å². The molecule has 33 heavy (non-hydrogen) atoms. The topological polar surface area (TPSA) is 46.2 Å². The van der Waals surface area contributed by atoms with Gasteiger partial charge in [-0.2, -0.15) is 0 Å². The lowest BCUT2D eigenvalue weighted by Crippen LogP contribution is -2.22. The maximum absolute atomic E-state index is 13.4. The second-order valence-electron chi connectivity index (χ2n) is 6.99. The van der Waals surface area contributed by atoms with Crippen LogP contribution in [0, 0.1) is 5.82 Å². The second kappa shape index (κ2) is 9.92. The van der Waals surface area contributed by atoms with Crippen molar-refractivity contribution in [2.45, 2.75) is 11.4 Å². The first-order chi connectivity index (χ1) is 15.6. The molecule has 0 atom stereocenters. The van der Waals surface area contributed by atoms with E-state index in [-0.39, 0.29) is 16.5 Å². The number of halogens is 5. The summed E-state index contributed by atoms with van der Waals surface area (Å²) >= 11 is 25.7. The van der Waals surface area contributed by atoms with E-state index in [1.807, 2.05) is 24.3 Å². The molecule has 170 valence electrons. The van der Waals surface area contributed by atoms with E-state index in [1.54, 1.807) is 24.3 Å². The minimum atomic E-state index is -3.91. The summed E-state index contributed by atoms with van der Waals surface area (Å²) in [7, 11) is -3.91. The van der Waals surface area contributed by atoms with Gasteiger partial charge in [0.05, 0.1) is 14.9 Å². The number of sulfonamides is 1. The first-order valence-electron chi connectivity index (χ1n) is 9.43. The Hall–Kier alpha value is -1.64. The summed E-state index contributed by atoms with van der Waals surface area (Å²) in [6.45, 7) is 0.0216. The number of thiophene rings is 1. The van der Waals surface area contributed by atoms with E-state index in [2.05, 4.69) is 4.72 Å². The summed E-state index contributed by atoms with van der Waals surface area (Å²) in [5, 5.41) is 1.33. The highest BCUT2D eigenvalue weighted by Crippen LogP contribution is 2.43. The van der Waals surface area contributed by atoms with E-state index < -0.39 is 15.8 Å². The van der Waals surface area contributed by atoms with E-state index in [0.29, 0.717) is 15.1 Å².